The molecule has 0 rings (SSSR count). The fraction of sp³-hybridized carbons (Fsp3) is 0.925. The second-order valence-electron chi connectivity index (χ2n) is 15.1. The summed E-state index contributed by atoms with van der Waals surface area (Å²) in [6.45, 7) is 4.73. The Hall–Kier alpha value is -0.920. The quantitative estimate of drug-likeness (QED) is 0.0206. The van der Waals surface area contributed by atoms with Crippen molar-refractivity contribution in [3.63, 3.8) is 0 Å². The van der Waals surface area contributed by atoms with E-state index >= 15 is 0 Å². The molecule has 0 bridgehead atoms. The molecule has 1 unspecified atom stereocenters. The summed E-state index contributed by atoms with van der Waals surface area (Å²) in [5.41, 5.74) is 0. The number of carbonyl (C=O) groups is 1. The highest BCUT2D eigenvalue weighted by molar-refractivity contribution is 7.45. The molecule has 49 heavy (non-hydrogen) atoms. The first-order chi connectivity index (χ1) is 23.6. The molecular formula is C40H80NO7P. The van der Waals surface area contributed by atoms with E-state index in [4.69, 9.17) is 18.5 Å². The molecule has 0 aromatic heterocycles. The van der Waals surface area contributed by atoms with Crippen molar-refractivity contribution in [3.8, 4) is 0 Å². The topological polar surface area (TPSA) is 94.1 Å². The summed E-state index contributed by atoms with van der Waals surface area (Å²) in [4.78, 5) is 24.8. The minimum absolute atomic E-state index is 0.0198. The van der Waals surface area contributed by atoms with Gasteiger partial charge in [-0.25, -0.2) is 0 Å². The number of phosphoric acid groups is 1. The van der Waals surface area contributed by atoms with Gasteiger partial charge >= 0.3 is 5.97 Å². The molecule has 0 N–H and O–H groups in total. The van der Waals surface area contributed by atoms with Gasteiger partial charge in [0, 0.05) is 6.42 Å². The van der Waals surface area contributed by atoms with E-state index in [1.54, 1.807) is 6.26 Å². The van der Waals surface area contributed by atoms with Crippen LogP contribution in [0.2, 0.25) is 0 Å². The molecule has 0 aliphatic carbocycles. The van der Waals surface area contributed by atoms with Gasteiger partial charge < -0.3 is 27.9 Å². The maximum absolute atomic E-state index is 12.5. The first-order valence-electron chi connectivity index (χ1n) is 20.5. The number of allylic oxidation sites excluding steroid dienone is 1. The zero-order valence-corrected chi connectivity index (χ0v) is 33.8. The summed E-state index contributed by atoms with van der Waals surface area (Å²) in [5, 5.41) is 0. The normalized spacial score (nSPS) is 13.9. The highest BCUT2D eigenvalue weighted by Gasteiger charge is 2.20. The van der Waals surface area contributed by atoms with Crippen LogP contribution in [0.4, 0.5) is 0 Å². The highest BCUT2D eigenvalue weighted by atomic mass is 31.2. The van der Waals surface area contributed by atoms with Gasteiger partial charge in [0.2, 0.25) is 0 Å². The lowest BCUT2D eigenvalue weighted by Crippen LogP contribution is -2.37. The Balaban J connectivity index is 4.21. The lowest BCUT2D eigenvalue weighted by molar-refractivity contribution is -0.870. The van der Waals surface area contributed by atoms with E-state index in [-0.39, 0.29) is 25.8 Å². The predicted molar refractivity (Wildman–Crippen MR) is 203 cm³/mol. The minimum atomic E-state index is -4.53. The van der Waals surface area contributed by atoms with Gasteiger partial charge in [0.05, 0.1) is 34.0 Å². The molecule has 292 valence electrons. The van der Waals surface area contributed by atoms with Gasteiger partial charge in [-0.05, 0) is 25.3 Å². The third kappa shape index (κ3) is 38.1. The van der Waals surface area contributed by atoms with Gasteiger partial charge in [0.25, 0.3) is 7.82 Å². The van der Waals surface area contributed by atoms with Crippen molar-refractivity contribution in [1.82, 2.24) is 0 Å². The molecule has 8 nitrogen and oxygen atoms in total. The van der Waals surface area contributed by atoms with Crippen LogP contribution in [0.5, 0.6) is 0 Å². The Morgan fingerprint density at radius 3 is 1.51 bits per heavy atom. The van der Waals surface area contributed by atoms with Crippen LogP contribution in [-0.2, 0) is 27.9 Å². The Bertz CT molecular complexity index is 802. The molecule has 2 atom stereocenters. The minimum Gasteiger partial charge on any atom is -0.756 e. The van der Waals surface area contributed by atoms with Crippen molar-refractivity contribution in [3.05, 3.63) is 12.3 Å². The number of ether oxygens (including phenoxy) is 2. The fourth-order valence-corrected chi connectivity index (χ4v) is 6.42. The van der Waals surface area contributed by atoms with Crippen molar-refractivity contribution in [1.29, 1.82) is 0 Å². The third-order valence-corrected chi connectivity index (χ3v) is 9.88. The second kappa shape index (κ2) is 34.2. The zero-order valence-electron chi connectivity index (χ0n) is 32.9. The number of likely N-dealkylation sites (N-methyl/N-ethyl adjacent to an activating group) is 1. The maximum atomic E-state index is 12.5. The first-order valence-corrected chi connectivity index (χ1v) is 21.9. The molecule has 0 fully saturated rings. The van der Waals surface area contributed by atoms with Crippen molar-refractivity contribution in [2.75, 3.05) is 47.5 Å². The number of hydrogen-bond donors (Lipinski definition) is 0. The van der Waals surface area contributed by atoms with E-state index in [1.807, 2.05) is 27.2 Å². The molecule has 0 spiro atoms. The van der Waals surface area contributed by atoms with E-state index < -0.39 is 13.9 Å². The Morgan fingerprint density at radius 2 is 1.06 bits per heavy atom. The van der Waals surface area contributed by atoms with Gasteiger partial charge in [0.1, 0.15) is 19.8 Å². The van der Waals surface area contributed by atoms with Crippen LogP contribution in [0.3, 0.4) is 0 Å². The highest BCUT2D eigenvalue weighted by Crippen LogP contribution is 2.38. The van der Waals surface area contributed by atoms with Gasteiger partial charge in [-0.15, -0.1) is 0 Å². The number of rotatable bonds is 38. The molecule has 0 saturated carbocycles. The number of unbranched alkanes of at least 4 members (excludes halogenated alkanes) is 24. The monoisotopic (exact) mass is 718 g/mol. The van der Waals surface area contributed by atoms with Crippen LogP contribution < -0.4 is 4.89 Å². The van der Waals surface area contributed by atoms with Crippen molar-refractivity contribution in [2.45, 2.75) is 193 Å². The maximum Gasteiger partial charge on any atom is 0.306 e. The summed E-state index contributed by atoms with van der Waals surface area (Å²) in [6.07, 6.45) is 36.1. The van der Waals surface area contributed by atoms with Crippen LogP contribution >= 0.6 is 7.82 Å². The number of hydrogen-bond acceptors (Lipinski definition) is 7. The summed E-state index contributed by atoms with van der Waals surface area (Å²) in [6, 6.07) is 0. The summed E-state index contributed by atoms with van der Waals surface area (Å²) < 4.78 is 34.2. The molecule has 0 heterocycles. The van der Waals surface area contributed by atoms with E-state index in [1.165, 1.54) is 135 Å². The fourth-order valence-electron chi connectivity index (χ4n) is 5.69. The first kappa shape index (κ1) is 48.1. The standard InChI is InChI=1S/C40H80NO7P/c1-6-8-10-12-14-16-17-18-19-20-21-22-23-24-26-28-30-32-35-45-37-39(38-47-49(43,44)46-36-34-41(3,4)5)48-40(42)33-31-29-27-25-15-13-11-9-7-2/h32,35,39H,6-31,33-34,36-38H2,1-5H3/b35-32+/t39-/m0/s1. The van der Waals surface area contributed by atoms with Gasteiger partial charge in [-0.3, -0.25) is 9.36 Å². The van der Waals surface area contributed by atoms with Crippen LogP contribution in [-0.4, -0.2) is 64.1 Å². The van der Waals surface area contributed by atoms with Crippen LogP contribution in [0.25, 0.3) is 0 Å². The number of esters is 1. The lowest BCUT2D eigenvalue weighted by Gasteiger charge is -2.28. The zero-order chi connectivity index (χ0) is 36.3. The van der Waals surface area contributed by atoms with E-state index in [0.717, 1.165) is 32.1 Å². The summed E-state index contributed by atoms with van der Waals surface area (Å²) >= 11 is 0. The van der Waals surface area contributed by atoms with Gasteiger partial charge in [0.15, 0.2) is 6.10 Å². The third-order valence-electron chi connectivity index (χ3n) is 8.91. The van der Waals surface area contributed by atoms with Crippen LogP contribution in [0, 0.1) is 0 Å². The Kier molecular flexibility index (Phi) is 33.5. The average Bonchev–Trinajstić information content (AvgIpc) is 3.04. The van der Waals surface area contributed by atoms with Crippen molar-refractivity contribution in [2.24, 2.45) is 0 Å². The van der Waals surface area contributed by atoms with Crippen molar-refractivity contribution >= 4 is 13.8 Å². The molecule has 0 aromatic carbocycles. The Morgan fingerprint density at radius 1 is 0.633 bits per heavy atom. The van der Waals surface area contributed by atoms with Crippen LogP contribution in [0.15, 0.2) is 12.3 Å². The SMILES string of the molecule is CCCCCCCCCCCCCCCCCC/C=C/OC[C@@H](COP(=O)([O-])OCC[N+](C)(C)C)OC(=O)CCCCCCCCCCC. The Labute approximate surface area is 303 Å². The summed E-state index contributed by atoms with van der Waals surface area (Å²) in [7, 11) is 1.33. The molecule has 0 aliphatic rings. The molecule has 0 radical (unpaired) electrons. The second-order valence-corrected chi connectivity index (χ2v) is 16.5. The smallest absolute Gasteiger partial charge is 0.306 e. The van der Waals surface area contributed by atoms with Gasteiger partial charge in [-0.2, -0.15) is 0 Å². The van der Waals surface area contributed by atoms with E-state index in [2.05, 4.69) is 13.8 Å². The van der Waals surface area contributed by atoms with Gasteiger partial charge in [-0.1, -0.05) is 162 Å². The largest absolute Gasteiger partial charge is 0.756 e. The van der Waals surface area contributed by atoms with Crippen LogP contribution in [0.1, 0.15) is 187 Å². The van der Waals surface area contributed by atoms with E-state index in [9.17, 15) is 14.3 Å². The number of carbonyl (C=O) groups excluding carboxylic acids is 1. The number of phosphoric ester groups is 1. The summed E-state index contributed by atoms with van der Waals surface area (Å²) in [5.74, 6) is -0.357. The molecule has 0 aliphatic heterocycles. The van der Waals surface area contributed by atoms with E-state index in [0.29, 0.717) is 17.4 Å². The molecule has 0 amide bonds. The predicted octanol–water partition coefficient (Wildman–Crippen LogP) is 11.2. The lowest BCUT2D eigenvalue weighted by atomic mass is 10.0. The molecule has 0 saturated heterocycles. The molecule has 0 aromatic rings. The average molecular weight is 718 g/mol. The number of quaternary nitrogens is 1. The molecule has 9 heteroatoms. The number of nitrogens with zero attached hydrogens (tertiary/aromatic N) is 1. The molecular weight excluding hydrogens is 637 g/mol. The van der Waals surface area contributed by atoms with Crippen molar-refractivity contribution < 1.29 is 37.3 Å².